The fourth-order valence-electron chi connectivity index (χ4n) is 4.58. The van der Waals surface area contributed by atoms with Gasteiger partial charge in [-0.05, 0) is 95.4 Å². The van der Waals surface area contributed by atoms with Gasteiger partial charge in [0.2, 0.25) is 10.9 Å². The third-order valence-electron chi connectivity index (χ3n) is 6.80. The van der Waals surface area contributed by atoms with E-state index in [1.54, 1.807) is 12.1 Å². The van der Waals surface area contributed by atoms with E-state index in [9.17, 15) is 18.8 Å². The molecule has 224 valence electrons. The molecule has 3 aromatic rings. The highest BCUT2D eigenvalue weighted by atomic mass is 32.2. The Morgan fingerprint density at radius 2 is 1.42 bits per heavy atom. The summed E-state index contributed by atoms with van der Waals surface area (Å²) < 4.78 is 33.8. The van der Waals surface area contributed by atoms with Gasteiger partial charge in [0.05, 0.1) is 26.4 Å². The Hall–Kier alpha value is -4.37. The monoisotopic (exact) mass is 604 g/mol. The zero-order valence-corrected chi connectivity index (χ0v) is 24.8. The molecule has 43 heavy (non-hydrogen) atoms. The highest BCUT2D eigenvalue weighted by Crippen LogP contribution is 2.46. The van der Waals surface area contributed by atoms with Gasteiger partial charge in [0.15, 0.2) is 0 Å². The van der Waals surface area contributed by atoms with E-state index in [2.05, 4.69) is 37.0 Å². The number of unbranched alkanes of at least 4 members (excludes halogenated alkanes) is 1. The first-order valence-electron chi connectivity index (χ1n) is 13.9. The third kappa shape index (κ3) is 8.58. The lowest BCUT2D eigenvalue weighted by Gasteiger charge is -2.11. The van der Waals surface area contributed by atoms with E-state index < -0.39 is 17.8 Å². The normalized spacial score (nSPS) is 12.9. The van der Waals surface area contributed by atoms with E-state index in [-0.39, 0.29) is 24.2 Å². The number of fused-ring (bicyclic) bond motifs is 3. The van der Waals surface area contributed by atoms with Crippen molar-refractivity contribution in [3.8, 4) is 22.6 Å². The molecule has 0 saturated heterocycles. The van der Waals surface area contributed by atoms with Crippen molar-refractivity contribution in [3.63, 3.8) is 0 Å². The van der Waals surface area contributed by atoms with Gasteiger partial charge in [0, 0.05) is 28.9 Å². The Morgan fingerprint density at radius 1 is 0.814 bits per heavy atom. The summed E-state index contributed by atoms with van der Waals surface area (Å²) in [6.07, 6.45) is 3.02. The smallest absolute Gasteiger partial charge is 0.366 e. The number of rotatable bonds is 15. The summed E-state index contributed by atoms with van der Waals surface area (Å²) in [5, 5.41) is -0.0568. The van der Waals surface area contributed by atoms with Crippen molar-refractivity contribution in [2.45, 2.75) is 37.0 Å². The largest absolute Gasteiger partial charge is 0.494 e. The second-order valence-electron chi connectivity index (χ2n) is 9.80. The van der Waals surface area contributed by atoms with E-state index in [4.69, 9.17) is 14.2 Å². The second-order valence-corrected chi connectivity index (χ2v) is 10.9. The SMILES string of the molecule is C=CC(=O)OCCCCOc1ccc2c(c1)C(C)c1cc(C(=O)Sc3ccc(OCCCOC(=O)C(=C)F)cc3)ccc1-2. The minimum Gasteiger partial charge on any atom is -0.494 e. The molecule has 0 heterocycles. The first-order chi connectivity index (χ1) is 20.8. The van der Waals surface area contributed by atoms with Gasteiger partial charge in [-0.1, -0.05) is 32.2 Å². The van der Waals surface area contributed by atoms with E-state index in [0.717, 1.165) is 57.2 Å². The molecule has 0 bridgehead atoms. The molecule has 0 fully saturated rings. The predicted molar refractivity (Wildman–Crippen MR) is 163 cm³/mol. The number of hydrogen-bond acceptors (Lipinski definition) is 8. The molecule has 1 aliphatic rings. The minimum absolute atomic E-state index is 0.0294. The van der Waals surface area contributed by atoms with E-state index >= 15 is 0 Å². The highest BCUT2D eigenvalue weighted by Gasteiger charge is 2.27. The predicted octanol–water partition coefficient (Wildman–Crippen LogP) is 7.43. The Balaban J connectivity index is 1.27. The zero-order chi connectivity index (χ0) is 30.8. The minimum atomic E-state index is -1.13. The van der Waals surface area contributed by atoms with Crippen LogP contribution in [0.15, 0.2) is 90.6 Å². The number of esters is 2. The molecule has 0 saturated carbocycles. The molecular formula is C34H33FO7S. The van der Waals surface area contributed by atoms with Gasteiger partial charge >= 0.3 is 11.9 Å². The molecule has 4 rings (SSSR count). The van der Waals surface area contributed by atoms with Crippen LogP contribution in [-0.2, 0) is 19.1 Å². The molecule has 3 aromatic carbocycles. The van der Waals surface area contributed by atoms with Gasteiger partial charge in [0.25, 0.3) is 0 Å². The van der Waals surface area contributed by atoms with Crippen LogP contribution in [0.3, 0.4) is 0 Å². The van der Waals surface area contributed by atoms with Crippen molar-refractivity contribution < 1.29 is 37.7 Å². The van der Waals surface area contributed by atoms with Crippen LogP contribution >= 0.6 is 11.8 Å². The summed E-state index contributed by atoms with van der Waals surface area (Å²) >= 11 is 1.15. The number of thioether (sulfide) groups is 1. The van der Waals surface area contributed by atoms with Crippen LogP contribution in [0.25, 0.3) is 11.1 Å². The molecule has 9 heteroatoms. The number of carbonyl (C=O) groups excluding carboxylic acids is 3. The lowest BCUT2D eigenvalue weighted by atomic mass is 9.98. The molecular weight excluding hydrogens is 571 g/mol. The molecule has 0 radical (unpaired) electrons. The van der Waals surface area contributed by atoms with Crippen molar-refractivity contribution in [1.82, 2.24) is 0 Å². The van der Waals surface area contributed by atoms with Crippen LogP contribution < -0.4 is 9.47 Å². The van der Waals surface area contributed by atoms with Gasteiger partial charge in [-0.3, -0.25) is 4.79 Å². The number of benzene rings is 3. The van der Waals surface area contributed by atoms with Crippen LogP contribution in [0, 0.1) is 0 Å². The second kappa shape index (κ2) is 15.2. The summed E-state index contributed by atoms with van der Waals surface area (Å²) in [6, 6.07) is 19.1. The topological polar surface area (TPSA) is 88.1 Å². The van der Waals surface area contributed by atoms with Gasteiger partial charge in [-0.15, -0.1) is 0 Å². The average Bonchev–Trinajstić information content (AvgIpc) is 3.29. The van der Waals surface area contributed by atoms with Crippen LogP contribution in [0.1, 0.15) is 53.6 Å². The lowest BCUT2D eigenvalue weighted by molar-refractivity contribution is -0.141. The summed E-state index contributed by atoms with van der Waals surface area (Å²) in [4.78, 5) is 36.1. The summed E-state index contributed by atoms with van der Waals surface area (Å²) in [5.74, 6) is -1.11. The van der Waals surface area contributed by atoms with Crippen LogP contribution in [-0.4, -0.2) is 43.5 Å². The summed E-state index contributed by atoms with van der Waals surface area (Å²) in [5.41, 5.74) is 5.15. The molecule has 1 atom stereocenters. The lowest BCUT2D eigenvalue weighted by Crippen LogP contribution is -2.08. The van der Waals surface area contributed by atoms with E-state index in [1.807, 2.05) is 36.4 Å². The first-order valence-corrected chi connectivity index (χ1v) is 14.7. The zero-order valence-electron chi connectivity index (χ0n) is 23.9. The molecule has 0 amide bonds. The molecule has 1 aliphatic carbocycles. The highest BCUT2D eigenvalue weighted by molar-refractivity contribution is 8.14. The fraction of sp³-hybridized carbons (Fsp3) is 0.265. The maximum atomic E-state index is 13.1. The molecule has 0 aromatic heterocycles. The Morgan fingerprint density at radius 3 is 2.14 bits per heavy atom. The van der Waals surface area contributed by atoms with Crippen LogP contribution in [0.4, 0.5) is 4.39 Å². The molecule has 1 unspecified atom stereocenters. The molecule has 0 N–H and O–H groups in total. The quantitative estimate of drug-likeness (QED) is 0.0766. The maximum absolute atomic E-state index is 13.1. The van der Waals surface area contributed by atoms with Crippen molar-refractivity contribution >= 4 is 28.8 Å². The van der Waals surface area contributed by atoms with Gasteiger partial charge in [0.1, 0.15) is 11.5 Å². The van der Waals surface area contributed by atoms with Crippen molar-refractivity contribution in [2.75, 3.05) is 26.4 Å². The summed E-state index contributed by atoms with van der Waals surface area (Å²) in [6.45, 7) is 9.57. The first kappa shape index (κ1) is 31.6. The van der Waals surface area contributed by atoms with Crippen LogP contribution in [0.2, 0.25) is 0 Å². The van der Waals surface area contributed by atoms with Crippen molar-refractivity contribution in [3.05, 3.63) is 102 Å². The number of halogens is 1. The Labute approximate surface area is 254 Å². The summed E-state index contributed by atoms with van der Waals surface area (Å²) in [7, 11) is 0. The Kier molecular flexibility index (Phi) is 11.2. The van der Waals surface area contributed by atoms with Crippen molar-refractivity contribution in [1.29, 1.82) is 0 Å². The van der Waals surface area contributed by atoms with Gasteiger partial charge in [-0.2, -0.15) is 4.39 Å². The number of ether oxygens (including phenoxy) is 4. The Bertz CT molecular complexity index is 1500. The van der Waals surface area contributed by atoms with E-state index in [1.165, 1.54) is 0 Å². The molecule has 7 nitrogen and oxygen atoms in total. The fourth-order valence-corrected chi connectivity index (χ4v) is 5.31. The van der Waals surface area contributed by atoms with Gasteiger partial charge < -0.3 is 18.9 Å². The van der Waals surface area contributed by atoms with Crippen LogP contribution in [0.5, 0.6) is 11.5 Å². The average molecular weight is 605 g/mol. The molecule has 0 aliphatic heterocycles. The number of hydrogen-bond donors (Lipinski definition) is 0. The number of carbonyl (C=O) groups is 3. The van der Waals surface area contributed by atoms with Crippen molar-refractivity contribution in [2.24, 2.45) is 0 Å². The standard InChI is InChI=1S/C34H33FO7S/c1-4-32(36)41-17-6-5-16-40-26-11-15-29-28-14-8-24(20-30(28)22(2)31(29)21-26)34(38)43-27-12-9-25(10-13-27)39-18-7-19-42-33(37)23(3)35/h4,8-15,20-22H,1,3,5-7,16-19H2,2H3. The van der Waals surface area contributed by atoms with Gasteiger partial charge in [-0.25, -0.2) is 9.59 Å². The molecule has 0 spiro atoms. The van der Waals surface area contributed by atoms with E-state index in [0.29, 0.717) is 37.4 Å². The third-order valence-corrected chi connectivity index (χ3v) is 7.73. The maximum Gasteiger partial charge on any atom is 0.366 e.